The minimum atomic E-state index is 0.206. The Morgan fingerprint density at radius 1 is 1.64 bits per heavy atom. The van der Waals surface area contributed by atoms with Crippen LogP contribution < -0.4 is 0 Å². The highest BCUT2D eigenvalue weighted by Gasteiger charge is 2.23. The van der Waals surface area contributed by atoms with Crippen LogP contribution in [0.5, 0.6) is 0 Å². The smallest absolute Gasteiger partial charge is 0.0978 e. The maximum Gasteiger partial charge on any atom is 0.0978 e. The monoisotopic (exact) mass is 152 g/mol. The summed E-state index contributed by atoms with van der Waals surface area (Å²) in [6.07, 6.45) is 2.27. The van der Waals surface area contributed by atoms with Gasteiger partial charge in [0.15, 0.2) is 0 Å². The minimum Gasteiger partial charge on any atom is -0.288 e. The first-order valence-corrected chi connectivity index (χ1v) is 4.37. The summed E-state index contributed by atoms with van der Waals surface area (Å²) >= 11 is 0. The Balaban J connectivity index is 2.39. The summed E-state index contributed by atoms with van der Waals surface area (Å²) in [4.78, 5) is 2.30. The van der Waals surface area contributed by atoms with Gasteiger partial charge in [-0.25, -0.2) is 0 Å². The third-order valence-electron chi connectivity index (χ3n) is 2.11. The summed E-state index contributed by atoms with van der Waals surface area (Å²) < 4.78 is 0. The van der Waals surface area contributed by atoms with Crippen LogP contribution in [0.1, 0.15) is 26.7 Å². The molecule has 1 aliphatic rings. The molecule has 0 radical (unpaired) electrons. The second-order valence-corrected chi connectivity index (χ2v) is 3.68. The molecule has 0 N–H and O–H groups in total. The maximum atomic E-state index is 8.76. The molecule has 0 aromatic rings. The summed E-state index contributed by atoms with van der Waals surface area (Å²) in [5, 5.41) is 8.76. The summed E-state index contributed by atoms with van der Waals surface area (Å²) in [7, 11) is 0. The average Bonchev–Trinajstić information content (AvgIpc) is 2.34. The molecule has 2 heteroatoms. The summed E-state index contributed by atoms with van der Waals surface area (Å²) in [6, 6.07) is 2.55. The van der Waals surface area contributed by atoms with E-state index in [0.29, 0.717) is 5.92 Å². The van der Waals surface area contributed by atoms with E-state index in [2.05, 4.69) is 24.8 Å². The largest absolute Gasteiger partial charge is 0.288 e. The van der Waals surface area contributed by atoms with Crippen LogP contribution in [-0.2, 0) is 0 Å². The zero-order valence-electron chi connectivity index (χ0n) is 7.38. The molecular formula is C9H16N2. The van der Waals surface area contributed by atoms with Crippen molar-refractivity contribution < 1.29 is 0 Å². The third-order valence-corrected chi connectivity index (χ3v) is 2.11. The van der Waals surface area contributed by atoms with Gasteiger partial charge in [0.25, 0.3) is 0 Å². The van der Waals surface area contributed by atoms with Gasteiger partial charge in [-0.1, -0.05) is 13.8 Å². The highest BCUT2D eigenvalue weighted by atomic mass is 15.2. The van der Waals surface area contributed by atoms with Crippen LogP contribution >= 0.6 is 0 Å². The molecule has 0 spiro atoms. The Morgan fingerprint density at radius 3 is 2.91 bits per heavy atom. The lowest BCUT2D eigenvalue weighted by Crippen LogP contribution is -2.31. The SMILES string of the molecule is CC(C)CN1CCCC1C#N. The van der Waals surface area contributed by atoms with Crippen LogP contribution in [0.25, 0.3) is 0 Å². The van der Waals surface area contributed by atoms with E-state index in [1.165, 1.54) is 6.42 Å². The van der Waals surface area contributed by atoms with E-state index in [1.54, 1.807) is 0 Å². The molecule has 1 atom stereocenters. The topological polar surface area (TPSA) is 27.0 Å². The van der Waals surface area contributed by atoms with Gasteiger partial charge in [-0.3, -0.25) is 4.90 Å². The zero-order chi connectivity index (χ0) is 8.27. The third kappa shape index (κ3) is 2.20. The Morgan fingerprint density at radius 2 is 2.36 bits per heavy atom. The second kappa shape index (κ2) is 3.73. The predicted molar refractivity (Wildman–Crippen MR) is 45.0 cm³/mol. The van der Waals surface area contributed by atoms with E-state index in [0.717, 1.165) is 19.5 Å². The van der Waals surface area contributed by atoms with Crippen molar-refractivity contribution in [3.8, 4) is 6.07 Å². The summed E-state index contributed by atoms with van der Waals surface area (Å²) in [6.45, 7) is 6.61. The Labute approximate surface area is 68.8 Å². The summed E-state index contributed by atoms with van der Waals surface area (Å²) in [5.41, 5.74) is 0. The van der Waals surface area contributed by atoms with Crippen LogP contribution in [0.4, 0.5) is 0 Å². The predicted octanol–water partition coefficient (Wildman–Crippen LogP) is 1.63. The van der Waals surface area contributed by atoms with E-state index < -0.39 is 0 Å². The van der Waals surface area contributed by atoms with Crippen molar-refractivity contribution in [3.05, 3.63) is 0 Å². The first-order valence-electron chi connectivity index (χ1n) is 4.37. The Hall–Kier alpha value is -0.550. The van der Waals surface area contributed by atoms with Crippen molar-refractivity contribution in [1.29, 1.82) is 5.26 Å². The lowest BCUT2D eigenvalue weighted by atomic mass is 10.2. The van der Waals surface area contributed by atoms with Crippen molar-refractivity contribution in [2.45, 2.75) is 32.7 Å². The van der Waals surface area contributed by atoms with Gasteiger partial charge in [0.2, 0.25) is 0 Å². The van der Waals surface area contributed by atoms with Gasteiger partial charge in [0, 0.05) is 6.54 Å². The van der Waals surface area contributed by atoms with Gasteiger partial charge in [0.05, 0.1) is 12.1 Å². The molecule has 1 heterocycles. The van der Waals surface area contributed by atoms with E-state index >= 15 is 0 Å². The molecule has 1 saturated heterocycles. The standard InChI is InChI=1S/C9H16N2/c1-8(2)7-11-5-3-4-9(11)6-10/h8-9H,3-5,7H2,1-2H3. The van der Waals surface area contributed by atoms with Crippen LogP contribution in [0.2, 0.25) is 0 Å². The highest BCUT2D eigenvalue weighted by Crippen LogP contribution is 2.17. The molecule has 0 aromatic heterocycles. The maximum absolute atomic E-state index is 8.76. The first-order chi connectivity index (χ1) is 5.24. The fraction of sp³-hybridized carbons (Fsp3) is 0.889. The molecule has 0 amide bonds. The fourth-order valence-corrected chi connectivity index (χ4v) is 1.66. The Kier molecular flexibility index (Phi) is 2.90. The molecule has 0 saturated carbocycles. The van der Waals surface area contributed by atoms with Crippen molar-refractivity contribution in [2.75, 3.05) is 13.1 Å². The highest BCUT2D eigenvalue weighted by molar-refractivity contribution is 4.95. The van der Waals surface area contributed by atoms with E-state index in [4.69, 9.17) is 5.26 Å². The zero-order valence-corrected chi connectivity index (χ0v) is 7.38. The van der Waals surface area contributed by atoms with Gasteiger partial charge in [-0.05, 0) is 25.3 Å². The quantitative estimate of drug-likeness (QED) is 0.601. The van der Waals surface area contributed by atoms with Gasteiger partial charge < -0.3 is 0 Å². The average molecular weight is 152 g/mol. The minimum absolute atomic E-state index is 0.206. The van der Waals surface area contributed by atoms with Crippen molar-refractivity contribution in [3.63, 3.8) is 0 Å². The molecule has 0 aromatic carbocycles. The number of likely N-dealkylation sites (tertiary alicyclic amines) is 1. The Bertz CT molecular complexity index is 157. The van der Waals surface area contributed by atoms with Crippen LogP contribution in [0.3, 0.4) is 0 Å². The molecule has 2 nitrogen and oxygen atoms in total. The molecular weight excluding hydrogens is 136 g/mol. The fourth-order valence-electron chi connectivity index (χ4n) is 1.66. The van der Waals surface area contributed by atoms with Gasteiger partial charge >= 0.3 is 0 Å². The van der Waals surface area contributed by atoms with E-state index in [1.807, 2.05) is 0 Å². The molecule has 11 heavy (non-hydrogen) atoms. The van der Waals surface area contributed by atoms with Crippen LogP contribution in [0.15, 0.2) is 0 Å². The normalized spacial score (nSPS) is 25.8. The van der Waals surface area contributed by atoms with E-state index in [9.17, 15) is 0 Å². The lowest BCUT2D eigenvalue weighted by Gasteiger charge is -2.20. The lowest BCUT2D eigenvalue weighted by molar-refractivity contribution is 0.261. The van der Waals surface area contributed by atoms with Crippen LogP contribution in [-0.4, -0.2) is 24.0 Å². The molecule has 62 valence electrons. The molecule has 0 aliphatic carbocycles. The van der Waals surface area contributed by atoms with Crippen molar-refractivity contribution in [2.24, 2.45) is 5.92 Å². The number of rotatable bonds is 2. The van der Waals surface area contributed by atoms with Gasteiger partial charge in [0.1, 0.15) is 0 Å². The summed E-state index contributed by atoms with van der Waals surface area (Å²) in [5.74, 6) is 0.684. The number of hydrogen-bond donors (Lipinski definition) is 0. The molecule has 0 bridgehead atoms. The van der Waals surface area contributed by atoms with Gasteiger partial charge in [-0.2, -0.15) is 5.26 Å². The van der Waals surface area contributed by atoms with Crippen molar-refractivity contribution in [1.82, 2.24) is 4.90 Å². The van der Waals surface area contributed by atoms with Crippen LogP contribution in [0, 0.1) is 17.2 Å². The van der Waals surface area contributed by atoms with Gasteiger partial charge in [-0.15, -0.1) is 0 Å². The number of nitriles is 1. The molecule has 1 unspecified atom stereocenters. The number of hydrogen-bond acceptors (Lipinski definition) is 2. The first kappa shape index (κ1) is 8.55. The van der Waals surface area contributed by atoms with Crippen molar-refractivity contribution >= 4 is 0 Å². The second-order valence-electron chi connectivity index (χ2n) is 3.68. The molecule has 1 fully saturated rings. The number of nitrogens with zero attached hydrogens (tertiary/aromatic N) is 2. The molecule has 1 aliphatic heterocycles. The van der Waals surface area contributed by atoms with E-state index in [-0.39, 0.29) is 6.04 Å². The molecule has 1 rings (SSSR count).